The van der Waals surface area contributed by atoms with E-state index in [1.165, 1.54) is 7.11 Å². The normalized spacial score (nSPS) is 17.7. The number of rotatable bonds is 11. The number of aromatic nitrogens is 2. The minimum atomic E-state index is -0.537. The largest absolute Gasteiger partial charge is 0.496 e. The van der Waals surface area contributed by atoms with Crippen LogP contribution in [0.1, 0.15) is 56.6 Å². The van der Waals surface area contributed by atoms with E-state index in [9.17, 15) is 14.7 Å². The van der Waals surface area contributed by atoms with Gasteiger partial charge in [-0.25, -0.2) is 9.78 Å². The Morgan fingerprint density at radius 2 is 1.58 bits per heavy atom. The molecule has 3 N–H and O–H groups in total. The van der Waals surface area contributed by atoms with Gasteiger partial charge in [-0.1, -0.05) is 53.5 Å². The smallest absolute Gasteiger partial charge is 0.407 e. The first-order valence-corrected chi connectivity index (χ1v) is 18.7. The van der Waals surface area contributed by atoms with Gasteiger partial charge in [0.15, 0.2) is 0 Å². The minimum Gasteiger partial charge on any atom is -0.496 e. The summed E-state index contributed by atoms with van der Waals surface area (Å²) >= 11 is 14.2. The molecule has 13 heteroatoms. The maximum absolute atomic E-state index is 12.6. The number of aliphatic hydroxyl groups excluding tert-OH is 1. The molecule has 6 rings (SSSR count). The molecular formula is C40H45Cl2N5O6. The van der Waals surface area contributed by atoms with Crippen molar-refractivity contribution in [3.05, 3.63) is 82.0 Å². The van der Waals surface area contributed by atoms with Gasteiger partial charge >= 0.3 is 6.09 Å². The Morgan fingerprint density at radius 3 is 2.30 bits per heavy atom. The fourth-order valence-corrected chi connectivity index (χ4v) is 7.61. The molecule has 1 aliphatic carbocycles. The fraction of sp³-hybridized carbons (Fsp3) is 0.400. The summed E-state index contributed by atoms with van der Waals surface area (Å²) in [5, 5.41) is 17.2. The van der Waals surface area contributed by atoms with E-state index in [1.807, 2.05) is 48.5 Å². The number of carbonyl (C=O) groups is 2. The van der Waals surface area contributed by atoms with Crippen LogP contribution in [0.5, 0.6) is 11.6 Å². The number of hydrogen-bond donors (Lipinski definition) is 3. The highest BCUT2D eigenvalue weighted by atomic mass is 35.5. The van der Waals surface area contributed by atoms with E-state index in [2.05, 4.69) is 15.6 Å². The highest BCUT2D eigenvalue weighted by molar-refractivity contribution is 6.39. The summed E-state index contributed by atoms with van der Waals surface area (Å²) in [6.45, 7) is 3.38. The zero-order valence-corrected chi connectivity index (χ0v) is 31.7. The Balaban J connectivity index is 1.16. The number of methoxy groups -OCH3 is 2. The summed E-state index contributed by atoms with van der Waals surface area (Å²) in [7, 11) is 3.16. The van der Waals surface area contributed by atoms with Crippen LogP contribution in [0.3, 0.4) is 0 Å². The molecule has 2 aromatic carbocycles. The molecule has 4 aromatic rings. The van der Waals surface area contributed by atoms with Crippen molar-refractivity contribution in [3.8, 4) is 45.3 Å². The van der Waals surface area contributed by atoms with Crippen molar-refractivity contribution in [3.63, 3.8) is 0 Å². The molecule has 0 radical (unpaired) electrons. The van der Waals surface area contributed by atoms with Crippen LogP contribution in [0.4, 0.5) is 4.79 Å². The van der Waals surface area contributed by atoms with Crippen molar-refractivity contribution in [2.24, 2.45) is 0 Å². The third kappa shape index (κ3) is 9.21. The molecule has 2 fully saturated rings. The van der Waals surface area contributed by atoms with Gasteiger partial charge in [0.25, 0.3) is 0 Å². The van der Waals surface area contributed by atoms with Gasteiger partial charge in [0, 0.05) is 72.7 Å². The standard InChI is InChI=1S/C40H45Cl2N5O6/c1-24(48)47-19-16-29(17-20-47)45-40(50)53-23-27-9-14-34(46-39(27)52-3)33-6-4-5-31(36(33)41)32-15-18-43-38(37(32)42)25-7-8-26(35(21-25)51-2)22-44-28-10-12-30(49)13-11-28/h4-9,14-15,18,21,28-30,44,49H,10-13,16-17,19-20,22-23H2,1-3H3,(H,45,50). The predicted molar refractivity (Wildman–Crippen MR) is 205 cm³/mol. The Bertz CT molecular complexity index is 1930. The van der Waals surface area contributed by atoms with Crippen LogP contribution in [0.25, 0.3) is 33.6 Å². The van der Waals surface area contributed by atoms with Gasteiger partial charge in [0.05, 0.1) is 47.3 Å². The number of amides is 2. The van der Waals surface area contributed by atoms with E-state index in [1.54, 1.807) is 31.2 Å². The van der Waals surface area contributed by atoms with Crippen molar-refractivity contribution in [2.45, 2.75) is 76.8 Å². The molecule has 2 aliphatic rings. The second kappa shape index (κ2) is 17.6. The molecule has 53 heavy (non-hydrogen) atoms. The summed E-state index contributed by atoms with van der Waals surface area (Å²) in [6, 6.07) is 17.4. The Kier molecular flexibility index (Phi) is 12.7. The van der Waals surface area contributed by atoms with Gasteiger partial charge in [-0.3, -0.25) is 9.78 Å². The molecule has 0 unspecified atom stereocenters. The number of likely N-dealkylation sites (tertiary alicyclic amines) is 1. The van der Waals surface area contributed by atoms with Gasteiger partial charge in [0.1, 0.15) is 12.4 Å². The number of nitrogens with one attached hydrogen (secondary N) is 2. The maximum atomic E-state index is 12.6. The van der Waals surface area contributed by atoms with Gasteiger partial charge in [-0.15, -0.1) is 0 Å². The fourth-order valence-electron chi connectivity index (χ4n) is 6.96. The molecule has 11 nitrogen and oxygen atoms in total. The lowest BCUT2D eigenvalue weighted by Crippen LogP contribution is -2.46. The Hall–Kier alpha value is -4.42. The van der Waals surface area contributed by atoms with Crippen LogP contribution in [-0.4, -0.2) is 77.5 Å². The lowest BCUT2D eigenvalue weighted by molar-refractivity contribution is -0.129. The lowest BCUT2D eigenvalue weighted by atomic mass is 9.93. The highest BCUT2D eigenvalue weighted by Crippen LogP contribution is 2.42. The molecule has 280 valence electrons. The monoisotopic (exact) mass is 761 g/mol. The van der Waals surface area contributed by atoms with E-state index in [0.29, 0.717) is 88.1 Å². The lowest BCUT2D eigenvalue weighted by Gasteiger charge is -2.31. The molecule has 3 heterocycles. The molecular weight excluding hydrogens is 717 g/mol. The molecule has 2 amide bonds. The number of hydrogen-bond acceptors (Lipinski definition) is 9. The summed E-state index contributed by atoms with van der Waals surface area (Å²) < 4.78 is 16.9. The van der Waals surface area contributed by atoms with E-state index in [0.717, 1.165) is 42.6 Å². The number of nitrogens with zero attached hydrogens (tertiary/aromatic N) is 3. The quantitative estimate of drug-likeness (QED) is 0.143. The maximum Gasteiger partial charge on any atom is 0.407 e. The SMILES string of the molecule is COc1cc(-c2nccc(-c3cccc(-c4ccc(COC(=O)NC5CCN(C(C)=O)CC5)c(OC)n4)c3Cl)c2Cl)ccc1CNC1CCC(O)CC1. The first-order valence-electron chi connectivity index (χ1n) is 17.9. The van der Waals surface area contributed by atoms with Crippen molar-refractivity contribution >= 4 is 35.2 Å². The summed E-state index contributed by atoms with van der Waals surface area (Å²) in [5.41, 5.74) is 5.69. The van der Waals surface area contributed by atoms with Gasteiger partial charge < -0.3 is 34.9 Å². The molecule has 1 saturated heterocycles. The van der Waals surface area contributed by atoms with Gasteiger partial charge in [0.2, 0.25) is 11.8 Å². The number of piperidine rings is 1. The van der Waals surface area contributed by atoms with E-state index in [4.69, 9.17) is 42.4 Å². The second-order valence-electron chi connectivity index (χ2n) is 13.5. The van der Waals surface area contributed by atoms with Crippen molar-refractivity contribution in [1.29, 1.82) is 0 Å². The van der Waals surface area contributed by atoms with Crippen molar-refractivity contribution in [2.75, 3.05) is 27.3 Å². The highest BCUT2D eigenvalue weighted by Gasteiger charge is 2.24. The van der Waals surface area contributed by atoms with Crippen LogP contribution >= 0.6 is 23.2 Å². The van der Waals surface area contributed by atoms with Crippen LogP contribution in [0, 0.1) is 0 Å². The molecule has 1 aliphatic heterocycles. The average molecular weight is 763 g/mol. The van der Waals surface area contributed by atoms with E-state index in [-0.39, 0.29) is 24.7 Å². The molecule has 0 atom stereocenters. The summed E-state index contributed by atoms with van der Waals surface area (Å²) in [4.78, 5) is 35.3. The van der Waals surface area contributed by atoms with Gasteiger partial charge in [-0.2, -0.15) is 0 Å². The average Bonchev–Trinajstić information content (AvgIpc) is 3.17. The second-order valence-corrected chi connectivity index (χ2v) is 14.2. The number of ether oxygens (including phenoxy) is 3. The molecule has 0 bridgehead atoms. The summed E-state index contributed by atoms with van der Waals surface area (Å²) in [6.07, 6.45) is 5.87. The minimum absolute atomic E-state index is 0.0362. The van der Waals surface area contributed by atoms with E-state index >= 15 is 0 Å². The first kappa shape index (κ1) is 38.3. The zero-order chi connectivity index (χ0) is 37.5. The number of pyridine rings is 2. The van der Waals surface area contributed by atoms with Crippen molar-refractivity contribution in [1.82, 2.24) is 25.5 Å². The van der Waals surface area contributed by atoms with E-state index < -0.39 is 6.09 Å². The van der Waals surface area contributed by atoms with Crippen molar-refractivity contribution < 1.29 is 28.9 Å². The van der Waals surface area contributed by atoms with Crippen LogP contribution in [0.15, 0.2) is 60.8 Å². The Morgan fingerprint density at radius 1 is 0.868 bits per heavy atom. The predicted octanol–water partition coefficient (Wildman–Crippen LogP) is 7.43. The van der Waals surface area contributed by atoms with Crippen LogP contribution in [-0.2, 0) is 22.7 Å². The molecule has 2 aromatic heterocycles. The van der Waals surface area contributed by atoms with Crippen LogP contribution in [0.2, 0.25) is 10.0 Å². The number of aliphatic hydroxyl groups is 1. The third-order valence-electron chi connectivity index (χ3n) is 10.0. The molecule has 0 spiro atoms. The first-order chi connectivity index (χ1) is 25.6. The molecule has 1 saturated carbocycles. The Labute approximate surface area is 320 Å². The summed E-state index contributed by atoms with van der Waals surface area (Å²) in [5.74, 6) is 1.08. The van der Waals surface area contributed by atoms with Gasteiger partial charge in [-0.05, 0) is 62.8 Å². The topological polar surface area (TPSA) is 135 Å². The zero-order valence-electron chi connectivity index (χ0n) is 30.2. The number of benzene rings is 2. The number of alkyl carbamates (subject to hydrolysis) is 1. The number of carbonyl (C=O) groups excluding carboxylic acids is 2. The number of halogens is 2. The third-order valence-corrected chi connectivity index (χ3v) is 10.8. The van der Waals surface area contributed by atoms with Crippen LogP contribution < -0.4 is 20.1 Å².